The predicted octanol–water partition coefficient (Wildman–Crippen LogP) is 5.18. The maximum atomic E-state index is 13.9. The number of aromatic nitrogens is 2. The zero-order valence-electron chi connectivity index (χ0n) is 19.7. The lowest BCUT2D eigenvalue weighted by Gasteiger charge is -2.33. The Hall–Kier alpha value is -4.33. The second-order valence-electron chi connectivity index (χ2n) is 8.89. The smallest absolute Gasteiger partial charge is 0.270 e. The number of rotatable bonds is 5. The molecule has 0 saturated carbocycles. The molecule has 2 amide bonds. The number of amides is 2. The number of carbonyl (C=O) groups is 2. The Bertz CT molecular complexity index is 1410. The Morgan fingerprint density at radius 2 is 1.58 bits per heavy atom. The van der Waals surface area contributed by atoms with Crippen LogP contribution in [-0.4, -0.2) is 27.6 Å². The first kappa shape index (κ1) is 23.4. The number of halogens is 2. The lowest BCUT2D eigenvalue weighted by Crippen LogP contribution is -2.50. The van der Waals surface area contributed by atoms with Crippen molar-refractivity contribution < 1.29 is 18.4 Å². The molecule has 0 saturated heterocycles. The van der Waals surface area contributed by atoms with Crippen LogP contribution in [0.5, 0.6) is 0 Å². The lowest BCUT2D eigenvalue weighted by atomic mass is 9.81. The van der Waals surface area contributed by atoms with Gasteiger partial charge in [-0.2, -0.15) is 5.10 Å². The minimum absolute atomic E-state index is 0.131. The number of nitrogens with zero attached hydrogens (tertiary/aromatic N) is 2. The van der Waals surface area contributed by atoms with E-state index in [2.05, 4.69) is 15.7 Å². The van der Waals surface area contributed by atoms with Gasteiger partial charge in [0, 0.05) is 29.5 Å². The summed E-state index contributed by atoms with van der Waals surface area (Å²) in [4.78, 5) is 26.5. The van der Waals surface area contributed by atoms with Crippen molar-refractivity contribution in [2.45, 2.75) is 31.7 Å². The maximum Gasteiger partial charge on any atom is 0.270 e. The number of anilines is 1. The van der Waals surface area contributed by atoms with Crippen molar-refractivity contribution in [1.29, 1.82) is 0 Å². The van der Waals surface area contributed by atoms with Crippen LogP contribution in [0, 0.1) is 6.92 Å². The number of nitrogens with one attached hydrogen (secondary N) is 2. The number of hydrogen-bond acceptors (Lipinski definition) is 3. The number of carbonyl (C=O) groups excluding carboxylic acids is 2. The molecule has 0 fully saturated rings. The highest BCUT2D eigenvalue weighted by atomic mass is 19.3. The Balaban J connectivity index is 1.63. The molecule has 0 radical (unpaired) electrons. The molecule has 8 heteroatoms. The normalized spacial score (nSPS) is 17.3. The van der Waals surface area contributed by atoms with Gasteiger partial charge in [0.2, 0.25) is 5.91 Å². The molecular formula is C28H24F2N4O2. The number of aryl methyl sites for hydroxylation is 1. The van der Waals surface area contributed by atoms with E-state index in [0.717, 1.165) is 12.6 Å². The van der Waals surface area contributed by atoms with Crippen LogP contribution in [0.15, 0.2) is 84.9 Å². The van der Waals surface area contributed by atoms with Crippen LogP contribution in [0.4, 0.5) is 14.6 Å². The molecule has 182 valence electrons. The largest absolute Gasteiger partial charge is 0.339 e. The summed E-state index contributed by atoms with van der Waals surface area (Å²) in [5.74, 6) is -3.97. The Morgan fingerprint density at radius 3 is 2.19 bits per heavy atom. The number of hydrogen-bond donors (Lipinski definition) is 2. The van der Waals surface area contributed by atoms with E-state index in [0.29, 0.717) is 28.2 Å². The second kappa shape index (κ2) is 9.03. The molecule has 36 heavy (non-hydrogen) atoms. The number of fused-ring (bicyclic) bond motifs is 1. The molecule has 3 aromatic carbocycles. The van der Waals surface area contributed by atoms with E-state index in [1.165, 1.54) is 12.1 Å². The summed E-state index contributed by atoms with van der Waals surface area (Å²) in [6.07, 6.45) is 0. The summed E-state index contributed by atoms with van der Waals surface area (Å²) in [7, 11) is 0. The van der Waals surface area contributed by atoms with Gasteiger partial charge in [-0.1, -0.05) is 60.7 Å². The van der Waals surface area contributed by atoms with Gasteiger partial charge in [-0.25, -0.2) is 13.5 Å². The molecule has 1 aromatic heterocycles. The molecular weight excluding hydrogens is 462 g/mol. The Morgan fingerprint density at radius 1 is 0.972 bits per heavy atom. The fourth-order valence-corrected chi connectivity index (χ4v) is 4.61. The van der Waals surface area contributed by atoms with Crippen LogP contribution >= 0.6 is 0 Å². The van der Waals surface area contributed by atoms with Gasteiger partial charge in [0.1, 0.15) is 11.9 Å². The molecule has 6 nitrogen and oxygen atoms in total. The van der Waals surface area contributed by atoms with Crippen molar-refractivity contribution in [3.8, 4) is 5.69 Å². The summed E-state index contributed by atoms with van der Waals surface area (Å²) in [5.41, 5.74) is 3.03. The summed E-state index contributed by atoms with van der Waals surface area (Å²) in [5, 5.41) is 10.4. The first-order valence-corrected chi connectivity index (χ1v) is 11.5. The van der Waals surface area contributed by atoms with Crippen molar-refractivity contribution in [3.05, 3.63) is 113 Å². The van der Waals surface area contributed by atoms with Gasteiger partial charge in [-0.15, -0.1) is 0 Å². The van der Waals surface area contributed by atoms with Crippen LogP contribution < -0.4 is 10.6 Å². The molecule has 2 heterocycles. The van der Waals surface area contributed by atoms with Gasteiger partial charge in [-0.3, -0.25) is 9.59 Å². The van der Waals surface area contributed by atoms with Crippen molar-refractivity contribution in [2.75, 3.05) is 5.32 Å². The zero-order valence-corrected chi connectivity index (χ0v) is 19.7. The first-order valence-electron chi connectivity index (χ1n) is 11.5. The van der Waals surface area contributed by atoms with Crippen molar-refractivity contribution in [2.24, 2.45) is 0 Å². The molecule has 4 aromatic rings. The molecule has 2 atom stereocenters. The SMILES string of the molecule is Cc1nn(-c2ccccc2)c2c1[C@H](c1ccc(C(C)(F)F)cc1)[C@H](NC(=O)c1ccccc1)C(=O)N2. The first-order chi connectivity index (χ1) is 17.2. The highest BCUT2D eigenvalue weighted by Gasteiger charge is 2.42. The number of para-hydroxylation sites is 1. The molecule has 0 spiro atoms. The topological polar surface area (TPSA) is 76.0 Å². The Kier molecular flexibility index (Phi) is 5.88. The minimum Gasteiger partial charge on any atom is -0.339 e. The summed E-state index contributed by atoms with van der Waals surface area (Å²) < 4.78 is 29.4. The second-order valence-corrected chi connectivity index (χ2v) is 8.89. The van der Waals surface area contributed by atoms with E-state index in [9.17, 15) is 18.4 Å². The van der Waals surface area contributed by atoms with E-state index in [-0.39, 0.29) is 5.56 Å². The highest BCUT2D eigenvalue weighted by molar-refractivity contribution is 6.04. The molecule has 1 aliphatic rings. The molecule has 2 N–H and O–H groups in total. The zero-order chi connectivity index (χ0) is 25.4. The third kappa shape index (κ3) is 4.26. The summed E-state index contributed by atoms with van der Waals surface area (Å²) >= 11 is 0. The standard InChI is InChI=1S/C28H24F2N4O2/c1-17-22-23(18-13-15-20(16-14-18)28(2,29)30)24(31-26(35)19-9-5-3-6-10-19)27(36)32-25(22)34(33-17)21-11-7-4-8-12-21/h3-16,23-24H,1-2H3,(H,31,35)(H,32,36)/t23-,24-/m0/s1. The quantitative estimate of drug-likeness (QED) is 0.408. The monoisotopic (exact) mass is 486 g/mol. The molecule has 1 aliphatic heterocycles. The van der Waals surface area contributed by atoms with Gasteiger partial charge in [0.15, 0.2) is 0 Å². The van der Waals surface area contributed by atoms with Crippen molar-refractivity contribution in [3.63, 3.8) is 0 Å². The van der Waals surface area contributed by atoms with E-state index < -0.39 is 29.7 Å². The van der Waals surface area contributed by atoms with E-state index in [1.54, 1.807) is 47.1 Å². The average molecular weight is 487 g/mol. The number of benzene rings is 3. The van der Waals surface area contributed by atoms with Crippen LogP contribution in [0.1, 0.15) is 45.6 Å². The summed E-state index contributed by atoms with van der Waals surface area (Å²) in [6, 6.07) is 22.9. The minimum atomic E-state index is -3.00. The van der Waals surface area contributed by atoms with Gasteiger partial charge in [-0.05, 0) is 36.8 Å². The third-order valence-electron chi connectivity index (χ3n) is 6.38. The molecule has 5 rings (SSSR count). The lowest BCUT2D eigenvalue weighted by molar-refractivity contribution is -0.118. The molecule has 0 unspecified atom stereocenters. The molecule has 0 aliphatic carbocycles. The van der Waals surface area contributed by atoms with Crippen molar-refractivity contribution >= 4 is 17.6 Å². The highest BCUT2D eigenvalue weighted by Crippen LogP contribution is 2.41. The average Bonchev–Trinajstić information content (AvgIpc) is 3.20. The Labute approximate surface area is 207 Å². The van der Waals surface area contributed by atoms with Gasteiger partial charge in [0.25, 0.3) is 11.8 Å². The van der Waals surface area contributed by atoms with E-state index in [4.69, 9.17) is 0 Å². The van der Waals surface area contributed by atoms with Gasteiger partial charge in [0.05, 0.1) is 11.4 Å². The van der Waals surface area contributed by atoms with Crippen LogP contribution in [0.3, 0.4) is 0 Å². The van der Waals surface area contributed by atoms with Crippen LogP contribution in [0.25, 0.3) is 5.69 Å². The predicted molar refractivity (Wildman–Crippen MR) is 132 cm³/mol. The number of alkyl halides is 2. The van der Waals surface area contributed by atoms with Crippen molar-refractivity contribution in [1.82, 2.24) is 15.1 Å². The third-order valence-corrected chi connectivity index (χ3v) is 6.38. The van der Waals surface area contributed by atoms with Gasteiger partial charge < -0.3 is 10.6 Å². The van der Waals surface area contributed by atoms with Crippen LogP contribution in [0.2, 0.25) is 0 Å². The maximum absolute atomic E-state index is 13.9. The molecule has 0 bridgehead atoms. The van der Waals surface area contributed by atoms with Gasteiger partial charge >= 0.3 is 0 Å². The summed E-state index contributed by atoms with van der Waals surface area (Å²) in [6.45, 7) is 2.67. The van der Waals surface area contributed by atoms with E-state index >= 15 is 0 Å². The fraction of sp³-hybridized carbons (Fsp3) is 0.179. The van der Waals surface area contributed by atoms with Crippen LogP contribution in [-0.2, 0) is 10.7 Å². The fourth-order valence-electron chi connectivity index (χ4n) is 4.61. The van der Waals surface area contributed by atoms with E-state index in [1.807, 2.05) is 37.3 Å².